The molecule has 4 heteroatoms. The van der Waals surface area contributed by atoms with E-state index in [4.69, 9.17) is 21.4 Å². The lowest BCUT2D eigenvalue weighted by atomic mass is 10.3. The van der Waals surface area contributed by atoms with Crippen LogP contribution in [-0.4, -0.2) is 12.1 Å². The number of aromatic nitrogens is 1. The number of nitrogens with one attached hydrogen (secondary N) is 1. The van der Waals surface area contributed by atoms with Crippen LogP contribution in [0.3, 0.4) is 0 Å². The van der Waals surface area contributed by atoms with Crippen LogP contribution in [0.2, 0.25) is 0 Å². The Kier molecular flexibility index (Phi) is 1.62. The molecule has 2 aromatic rings. The Morgan fingerprint density at radius 3 is 3.08 bits per heavy atom. The Morgan fingerprint density at radius 2 is 2.33 bits per heavy atom. The summed E-state index contributed by atoms with van der Waals surface area (Å²) in [5, 5.41) is 0. The molecule has 12 heavy (non-hydrogen) atoms. The van der Waals surface area contributed by atoms with Crippen molar-refractivity contribution in [1.29, 1.82) is 0 Å². The van der Waals surface area contributed by atoms with Crippen LogP contribution in [0, 0.1) is 4.84 Å². The van der Waals surface area contributed by atoms with E-state index in [0.717, 1.165) is 16.8 Å². The van der Waals surface area contributed by atoms with Gasteiger partial charge in [0, 0.05) is 0 Å². The Bertz CT molecular complexity index is 457. The van der Waals surface area contributed by atoms with Crippen molar-refractivity contribution in [3.63, 3.8) is 0 Å². The molecule has 0 aliphatic carbocycles. The molecule has 0 aliphatic rings. The molecule has 0 saturated carbocycles. The van der Waals surface area contributed by atoms with Gasteiger partial charge in [-0.15, -0.1) is 0 Å². The number of ether oxygens (including phenoxy) is 1. The summed E-state index contributed by atoms with van der Waals surface area (Å²) in [5.74, 6) is 0.743. The zero-order chi connectivity index (χ0) is 8.55. The van der Waals surface area contributed by atoms with Gasteiger partial charge in [-0.3, -0.25) is 0 Å². The van der Waals surface area contributed by atoms with E-state index in [1.54, 1.807) is 7.11 Å². The summed E-state index contributed by atoms with van der Waals surface area (Å²) in [4.78, 5) is 3.27. The Balaban J connectivity index is 2.87. The summed E-state index contributed by atoms with van der Waals surface area (Å²) >= 11 is 4.84. The highest BCUT2D eigenvalue weighted by Gasteiger charge is 2.03. The van der Waals surface area contributed by atoms with E-state index in [2.05, 4.69) is 4.98 Å². The van der Waals surface area contributed by atoms with Gasteiger partial charge in [-0.1, -0.05) is 6.07 Å². The second kappa shape index (κ2) is 2.64. The van der Waals surface area contributed by atoms with Gasteiger partial charge in [0.05, 0.1) is 7.11 Å². The molecule has 0 aliphatic heterocycles. The Morgan fingerprint density at radius 1 is 1.50 bits per heavy atom. The minimum Gasteiger partial charge on any atom is -0.494 e. The van der Waals surface area contributed by atoms with Crippen molar-refractivity contribution >= 4 is 23.3 Å². The van der Waals surface area contributed by atoms with Crippen LogP contribution < -0.4 is 4.74 Å². The highest BCUT2D eigenvalue weighted by molar-refractivity contribution is 7.71. The molecular weight excluding hydrogens is 174 g/mol. The van der Waals surface area contributed by atoms with Crippen molar-refractivity contribution in [2.75, 3.05) is 7.11 Å². The smallest absolute Gasteiger partial charge is 0.267 e. The predicted octanol–water partition coefficient (Wildman–Crippen LogP) is 2.50. The fraction of sp³-hybridized carbons (Fsp3) is 0.125. The fourth-order valence-electron chi connectivity index (χ4n) is 1.12. The predicted molar refractivity (Wildman–Crippen MR) is 48.0 cm³/mol. The number of hydrogen-bond donors (Lipinski definition) is 1. The summed E-state index contributed by atoms with van der Waals surface area (Å²) in [6.45, 7) is 0. The molecule has 0 atom stereocenters. The van der Waals surface area contributed by atoms with Crippen molar-refractivity contribution in [3.8, 4) is 5.75 Å². The average molecular weight is 181 g/mol. The zero-order valence-electron chi connectivity index (χ0n) is 6.46. The molecule has 0 spiro atoms. The SMILES string of the molecule is COc1cccc2oc(=S)[nH]c12. The molecule has 1 heterocycles. The van der Waals surface area contributed by atoms with Crippen LogP contribution in [0.1, 0.15) is 0 Å². The van der Waals surface area contributed by atoms with E-state index < -0.39 is 0 Å². The molecule has 3 nitrogen and oxygen atoms in total. The summed E-state index contributed by atoms with van der Waals surface area (Å²) in [7, 11) is 1.61. The minimum absolute atomic E-state index is 0.370. The molecule has 0 radical (unpaired) electrons. The number of aromatic amines is 1. The Labute approximate surface area is 74.0 Å². The van der Waals surface area contributed by atoms with Crippen LogP contribution in [0.4, 0.5) is 0 Å². The van der Waals surface area contributed by atoms with Gasteiger partial charge in [0.15, 0.2) is 5.58 Å². The molecule has 0 saturated heterocycles. The van der Waals surface area contributed by atoms with Gasteiger partial charge < -0.3 is 14.1 Å². The van der Waals surface area contributed by atoms with Crippen molar-refractivity contribution in [2.45, 2.75) is 0 Å². The van der Waals surface area contributed by atoms with Gasteiger partial charge in [0.2, 0.25) is 0 Å². The van der Waals surface area contributed by atoms with Gasteiger partial charge in [-0.2, -0.15) is 0 Å². The van der Waals surface area contributed by atoms with Crippen LogP contribution in [-0.2, 0) is 0 Å². The van der Waals surface area contributed by atoms with Crippen molar-refractivity contribution in [2.24, 2.45) is 0 Å². The third-order valence-corrected chi connectivity index (χ3v) is 1.82. The molecule has 0 bridgehead atoms. The minimum atomic E-state index is 0.370. The molecule has 0 fully saturated rings. The normalized spacial score (nSPS) is 10.4. The highest BCUT2D eigenvalue weighted by Crippen LogP contribution is 2.23. The second-order valence-corrected chi connectivity index (χ2v) is 2.72. The summed E-state index contributed by atoms with van der Waals surface area (Å²) < 4.78 is 10.3. The first-order chi connectivity index (χ1) is 5.81. The van der Waals surface area contributed by atoms with Gasteiger partial charge >= 0.3 is 0 Å². The fourth-order valence-corrected chi connectivity index (χ4v) is 1.31. The Hall–Kier alpha value is -1.29. The maximum absolute atomic E-state index is 5.19. The van der Waals surface area contributed by atoms with Gasteiger partial charge in [-0.25, -0.2) is 0 Å². The number of methoxy groups -OCH3 is 1. The zero-order valence-corrected chi connectivity index (χ0v) is 7.27. The third kappa shape index (κ3) is 1.00. The number of fused-ring (bicyclic) bond motifs is 1. The van der Waals surface area contributed by atoms with Crippen LogP contribution in [0.5, 0.6) is 5.75 Å². The van der Waals surface area contributed by atoms with Crippen LogP contribution in [0.25, 0.3) is 11.1 Å². The molecule has 62 valence electrons. The third-order valence-electron chi connectivity index (χ3n) is 1.64. The van der Waals surface area contributed by atoms with Crippen molar-refractivity contribution < 1.29 is 9.15 Å². The van der Waals surface area contributed by atoms with Crippen LogP contribution >= 0.6 is 12.2 Å². The summed E-state index contributed by atoms with van der Waals surface area (Å²) in [6.07, 6.45) is 0. The topological polar surface area (TPSA) is 38.2 Å². The maximum Gasteiger partial charge on any atom is 0.267 e. The lowest BCUT2D eigenvalue weighted by Crippen LogP contribution is -1.82. The quantitative estimate of drug-likeness (QED) is 0.687. The van der Waals surface area contributed by atoms with Crippen LogP contribution in [0.15, 0.2) is 22.6 Å². The molecule has 0 unspecified atom stereocenters. The number of rotatable bonds is 1. The molecule has 0 amide bonds. The van der Waals surface area contributed by atoms with Crippen molar-refractivity contribution in [3.05, 3.63) is 23.0 Å². The average Bonchev–Trinajstić information content (AvgIpc) is 2.44. The van der Waals surface area contributed by atoms with E-state index >= 15 is 0 Å². The molecule has 2 rings (SSSR count). The monoisotopic (exact) mass is 181 g/mol. The molecule has 1 aromatic carbocycles. The van der Waals surface area contributed by atoms with E-state index in [1.807, 2.05) is 18.2 Å². The molecular formula is C8H7NO2S. The lowest BCUT2D eigenvalue weighted by molar-refractivity contribution is 0.419. The second-order valence-electron chi connectivity index (χ2n) is 2.35. The van der Waals surface area contributed by atoms with Gasteiger partial charge in [-0.05, 0) is 24.4 Å². The van der Waals surface area contributed by atoms with Gasteiger partial charge in [0.1, 0.15) is 11.3 Å². The summed E-state index contributed by atoms with van der Waals surface area (Å²) in [6, 6.07) is 5.54. The first-order valence-electron chi connectivity index (χ1n) is 3.47. The summed E-state index contributed by atoms with van der Waals surface area (Å²) in [5.41, 5.74) is 1.53. The number of hydrogen-bond acceptors (Lipinski definition) is 3. The number of oxazole rings is 1. The number of benzene rings is 1. The maximum atomic E-state index is 5.19. The van der Waals surface area contributed by atoms with E-state index in [0.29, 0.717) is 4.84 Å². The first kappa shape index (κ1) is 7.36. The largest absolute Gasteiger partial charge is 0.494 e. The molecule has 1 aromatic heterocycles. The van der Waals surface area contributed by atoms with Gasteiger partial charge in [0.25, 0.3) is 4.84 Å². The number of para-hydroxylation sites is 1. The van der Waals surface area contributed by atoms with Crippen molar-refractivity contribution in [1.82, 2.24) is 4.98 Å². The first-order valence-corrected chi connectivity index (χ1v) is 3.88. The van der Waals surface area contributed by atoms with E-state index in [9.17, 15) is 0 Å². The standard InChI is InChI=1S/C8H7NO2S/c1-10-5-3-2-4-6-7(5)9-8(12)11-6/h2-4H,1H3,(H,9,12). The highest BCUT2D eigenvalue weighted by atomic mass is 32.1. The van der Waals surface area contributed by atoms with E-state index in [-0.39, 0.29) is 0 Å². The molecule has 1 N–H and O–H groups in total. The van der Waals surface area contributed by atoms with E-state index in [1.165, 1.54) is 0 Å². The number of H-pyrrole nitrogens is 1. The lowest BCUT2D eigenvalue weighted by Gasteiger charge is -1.97.